The van der Waals surface area contributed by atoms with Crippen molar-refractivity contribution in [2.24, 2.45) is 7.05 Å². The molecule has 0 atom stereocenters. The molecule has 0 saturated heterocycles. The van der Waals surface area contributed by atoms with E-state index in [1.165, 1.54) is 5.56 Å². The van der Waals surface area contributed by atoms with Gasteiger partial charge in [-0.2, -0.15) is 10.2 Å². The average Bonchev–Trinajstić information content (AvgIpc) is 3.24. The van der Waals surface area contributed by atoms with Gasteiger partial charge in [0.2, 0.25) is 0 Å². The Kier molecular flexibility index (Phi) is 6.67. The predicted octanol–water partition coefficient (Wildman–Crippen LogP) is 2.27. The van der Waals surface area contributed by atoms with Gasteiger partial charge in [0.1, 0.15) is 0 Å². The van der Waals surface area contributed by atoms with E-state index < -0.39 is 11.9 Å². The SMILES string of the molecule is Cn1nccc1Cn1cc(-c2ccccc2)cn1.O=C(O)CCC(=O)O. The number of carbonyl (C=O) groups is 2. The molecule has 0 aliphatic heterocycles. The highest BCUT2D eigenvalue weighted by atomic mass is 16.4. The van der Waals surface area contributed by atoms with Gasteiger partial charge < -0.3 is 10.2 Å². The summed E-state index contributed by atoms with van der Waals surface area (Å²) >= 11 is 0. The van der Waals surface area contributed by atoms with E-state index in [-0.39, 0.29) is 12.8 Å². The maximum atomic E-state index is 9.64. The summed E-state index contributed by atoms with van der Waals surface area (Å²) in [6.07, 6.45) is 5.16. The molecular weight excluding hydrogens is 336 g/mol. The quantitative estimate of drug-likeness (QED) is 0.701. The summed E-state index contributed by atoms with van der Waals surface area (Å²) in [5.74, 6) is -2.15. The second kappa shape index (κ2) is 9.16. The molecule has 0 aliphatic rings. The van der Waals surface area contributed by atoms with Crippen molar-refractivity contribution in [2.75, 3.05) is 0 Å². The summed E-state index contributed by atoms with van der Waals surface area (Å²) in [5.41, 5.74) is 3.46. The van der Waals surface area contributed by atoms with Crippen LogP contribution in [0.3, 0.4) is 0 Å². The number of rotatable bonds is 6. The Balaban J connectivity index is 0.000000260. The Hall–Kier alpha value is -3.42. The molecule has 0 aliphatic carbocycles. The lowest BCUT2D eigenvalue weighted by Crippen LogP contribution is -2.05. The molecule has 0 unspecified atom stereocenters. The zero-order chi connectivity index (χ0) is 18.9. The normalized spacial score (nSPS) is 10.0. The molecule has 2 N–H and O–H groups in total. The van der Waals surface area contributed by atoms with Crippen LogP contribution in [0.5, 0.6) is 0 Å². The maximum Gasteiger partial charge on any atom is 0.303 e. The van der Waals surface area contributed by atoms with Gasteiger partial charge in [-0.25, -0.2) is 0 Å². The molecule has 0 amide bonds. The van der Waals surface area contributed by atoms with E-state index in [0.717, 1.165) is 17.8 Å². The van der Waals surface area contributed by atoms with E-state index in [0.29, 0.717) is 0 Å². The number of aliphatic carboxylic acids is 2. The van der Waals surface area contributed by atoms with Crippen molar-refractivity contribution in [3.8, 4) is 11.1 Å². The van der Waals surface area contributed by atoms with E-state index in [1.807, 2.05) is 46.9 Å². The molecule has 2 aromatic heterocycles. The molecule has 8 nitrogen and oxygen atoms in total. The molecule has 0 radical (unpaired) electrons. The van der Waals surface area contributed by atoms with Crippen molar-refractivity contribution in [3.63, 3.8) is 0 Å². The third kappa shape index (κ3) is 5.90. The molecule has 0 bridgehead atoms. The number of hydrogen-bond acceptors (Lipinski definition) is 4. The Bertz CT molecular complexity index is 841. The fourth-order valence-electron chi connectivity index (χ4n) is 2.17. The first kappa shape index (κ1) is 18.9. The van der Waals surface area contributed by atoms with E-state index in [4.69, 9.17) is 10.2 Å². The highest BCUT2D eigenvalue weighted by molar-refractivity contribution is 5.75. The average molecular weight is 356 g/mol. The lowest BCUT2D eigenvalue weighted by molar-refractivity contribution is -0.143. The maximum absolute atomic E-state index is 9.64. The fourth-order valence-corrected chi connectivity index (χ4v) is 2.17. The zero-order valence-electron chi connectivity index (χ0n) is 14.3. The molecule has 3 rings (SSSR count). The van der Waals surface area contributed by atoms with Crippen LogP contribution in [-0.4, -0.2) is 41.7 Å². The molecule has 136 valence electrons. The first-order valence-corrected chi connectivity index (χ1v) is 7.94. The number of aromatic nitrogens is 4. The predicted molar refractivity (Wildman–Crippen MR) is 94.5 cm³/mol. The van der Waals surface area contributed by atoms with Crippen molar-refractivity contribution >= 4 is 11.9 Å². The van der Waals surface area contributed by atoms with E-state index in [1.54, 1.807) is 6.20 Å². The van der Waals surface area contributed by atoms with Gasteiger partial charge in [0.15, 0.2) is 0 Å². The van der Waals surface area contributed by atoms with Crippen LogP contribution in [0.4, 0.5) is 0 Å². The van der Waals surface area contributed by atoms with Gasteiger partial charge in [-0.15, -0.1) is 0 Å². The van der Waals surface area contributed by atoms with Gasteiger partial charge in [0, 0.05) is 25.0 Å². The smallest absolute Gasteiger partial charge is 0.303 e. The van der Waals surface area contributed by atoms with E-state index >= 15 is 0 Å². The topological polar surface area (TPSA) is 110 Å². The lowest BCUT2D eigenvalue weighted by atomic mass is 10.1. The van der Waals surface area contributed by atoms with Gasteiger partial charge in [-0.05, 0) is 11.6 Å². The summed E-state index contributed by atoms with van der Waals surface area (Å²) < 4.78 is 3.79. The summed E-state index contributed by atoms with van der Waals surface area (Å²) in [6.45, 7) is 0.739. The summed E-state index contributed by atoms with van der Waals surface area (Å²) in [6, 6.07) is 12.3. The summed E-state index contributed by atoms with van der Waals surface area (Å²) in [7, 11) is 1.94. The minimum absolute atomic E-state index is 0.296. The standard InChI is InChI=1S/C14H14N4.C4H6O4/c1-17-14(7-8-15-17)11-18-10-13(9-16-18)12-5-3-2-4-6-12;5-3(6)1-2-4(7)8/h2-10H,11H2,1H3;1-2H2,(H,5,6)(H,7,8). The third-order valence-corrected chi connectivity index (χ3v) is 3.54. The summed E-state index contributed by atoms with van der Waals surface area (Å²) in [4.78, 5) is 19.3. The van der Waals surface area contributed by atoms with Crippen molar-refractivity contribution in [3.05, 3.63) is 60.7 Å². The van der Waals surface area contributed by atoms with Gasteiger partial charge in [-0.1, -0.05) is 30.3 Å². The van der Waals surface area contributed by atoms with Gasteiger partial charge in [0.25, 0.3) is 0 Å². The largest absolute Gasteiger partial charge is 0.481 e. The van der Waals surface area contributed by atoms with Crippen LogP contribution >= 0.6 is 0 Å². The lowest BCUT2D eigenvalue weighted by Gasteiger charge is -2.01. The molecule has 0 fully saturated rings. The third-order valence-electron chi connectivity index (χ3n) is 3.54. The highest BCUT2D eigenvalue weighted by Crippen LogP contribution is 2.17. The monoisotopic (exact) mass is 356 g/mol. The van der Waals surface area contributed by atoms with Crippen LogP contribution in [0.1, 0.15) is 18.5 Å². The number of hydrogen-bond donors (Lipinski definition) is 2. The van der Waals surface area contributed by atoms with Crippen LogP contribution < -0.4 is 0 Å². The van der Waals surface area contributed by atoms with Crippen LogP contribution in [0, 0.1) is 0 Å². The number of carboxylic acid groups (broad SMARTS) is 2. The molecule has 8 heteroatoms. The fraction of sp³-hybridized carbons (Fsp3) is 0.222. The Morgan fingerprint density at radius 1 is 0.962 bits per heavy atom. The Labute approximate surface area is 150 Å². The van der Waals surface area contributed by atoms with E-state index in [2.05, 4.69) is 28.5 Å². The second-order valence-corrected chi connectivity index (χ2v) is 5.53. The molecule has 0 spiro atoms. The van der Waals surface area contributed by atoms with E-state index in [9.17, 15) is 9.59 Å². The molecular formula is C18H20N4O4. The second-order valence-electron chi connectivity index (χ2n) is 5.53. The summed E-state index contributed by atoms with van der Waals surface area (Å²) in [5, 5.41) is 24.3. The van der Waals surface area contributed by atoms with Crippen molar-refractivity contribution < 1.29 is 19.8 Å². The number of benzene rings is 1. The number of nitrogens with zero attached hydrogens (tertiary/aromatic N) is 4. The van der Waals surface area contributed by atoms with Crippen LogP contribution in [0.15, 0.2) is 55.0 Å². The van der Waals surface area contributed by atoms with Crippen molar-refractivity contribution in [1.82, 2.24) is 19.6 Å². The van der Waals surface area contributed by atoms with Gasteiger partial charge in [-0.3, -0.25) is 19.0 Å². The van der Waals surface area contributed by atoms with Gasteiger partial charge in [0.05, 0.1) is 31.3 Å². The zero-order valence-corrected chi connectivity index (χ0v) is 14.3. The van der Waals surface area contributed by atoms with Crippen molar-refractivity contribution in [1.29, 1.82) is 0 Å². The number of carboxylic acids is 2. The van der Waals surface area contributed by atoms with Crippen LogP contribution in [0.25, 0.3) is 11.1 Å². The minimum atomic E-state index is -1.08. The molecule has 1 aromatic carbocycles. The molecule has 2 heterocycles. The van der Waals surface area contributed by atoms with Crippen LogP contribution in [0.2, 0.25) is 0 Å². The van der Waals surface area contributed by atoms with Crippen molar-refractivity contribution in [2.45, 2.75) is 19.4 Å². The Morgan fingerprint density at radius 2 is 1.62 bits per heavy atom. The minimum Gasteiger partial charge on any atom is -0.481 e. The first-order chi connectivity index (χ1) is 12.5. The Morgan fingerprint density at radius 3 is 2.15 bits per heavy atom. The highest BCUT2D eigenvalue weighted by Gasteiger charge is 2.04. The molecule has 0 saturated carbocycles. The number of aryl methyl sites for hydroxylation is 1. The first-order valence-electron chi connectivity index (χ1n) is 7.94. The van der Waals surface area contributed by atoms with Crippen LogP contribution in [-0.2, 0) is 23.2 Å². The van der Waals surface area contributed by atoms with Gasteiger partial charge >= 0.3 is 11.9 Å². The molecule has 26 heavy (non-hydrogen) atoms. The molecule has 3 aromatic rings.